The lowest BCUT2D eigenvalue weighted by Crippen LogP contribution is -2.20. The van der Waals surface area contributed by atoms with Gasteiger partial charge in [-0.2, -0.15) is 11.8 Å². The van der Waals surface area contributed by atoms with Crippen LogP contribution in [0.5, 0.6) is 0 Å². The fourth-order valence-electron chi connectivity index (χ4n) is 2.19. The standard InChI is InChI=1S/C12H18N4O2S/c13-15-11-6-3-5-10(12(11)16(17)18)14-8-9-4-1-2-7-19-9/h3,5-6,9,14-15H,1-2,4,7-8,13H2. The number of nitro groups is 1. The molecule has 1 fully saturated rings. The number of anilines is 2. The molecule has 0 aliphatic carbocycles. The molecule has 0 amide bonds. The summed E-state index contributed by atoms with van der Waals surface area (Å²) in [4.78, 5) is 10.7. The second-order valence-electron chi connectivity index (χ2n) is 4.47. The van der Waals surface area contributed by atoms with Crippen LogP contribution in [0.15, 0.2) is 18.2 Å². The van der Waals surface area contributed by atoms with Crippen molar-refractivity contribution in [3.8, 4) is 0 Å². The predicted molar refractivity (Wildman–Crippen MR) is 79.5 cm³/mol. The minimum absolute atomic E-state index is 0.00538. The summed E-state index contributed by atoms with van der Waals surface area (Å²) in [6.45, 7) is 0.750. The highest BCUT2D eigenvalue weighted by Crippen LogP contribution is 2.33. The first-order chi connectivity index (χ1) is 9.22. The Kier molecular flexibility index (Phi) is 4.86. The lowest BCUT2D eigenvalue weighted by atomic mass is 10.2. The number of nitrogens with one attached hydrogen (secondary N) is 2. The molecule has 0 bridgehead atoms. The Morgan fingerprint density at radius 3 is 2.84 bits per heavy atom. The summed E-state index contributed by atoms with van der Waals surface area (Å²) in [5, 5.41) is 14.8. The van der Waals surface area contributed by atoms with E-state index >= 15 is 0 Å². The number of nitrogens with two attached hydrogens (primary N) is 1. The molecule has 1 aliphatic heterocycles. The van der Waals surface area contributed by atoms with Crippen molar-refractivity contribution in [2.75, 3.05) is 23.0 Å². The molecular formula is C12H18N4O2S. The number of hydrogen-bond donors (Lipinski definition) is 3. The van der Waals surface area contributed by atoms with Gasteiger partial charge in [0.25, 0.3) is 0 Å². The molecule has 104 valence electrons. The van der Waals surface area contributed by atoms with Crippen molar-refractivity contribution >= 4 is 28.8 Å². The van der Waals surface area contributed by atoms with Crippen LogP contribution in [-0.2, 0) is 0 Å². The van der Waals surface area contributed by atoms with E-state index in [9.17, 15) is 10.1 Å². The van der Waals surface area contributed by atoms with Gasteiger partial charge in [-0.3, -0.25) is 16.0 Å². The predicted octanol–water partition coefficient (Wildman–Crippen LogP) is 2.58. The molecule has 1 aromatic carbocycles. The first-order valence-corrected chi connectivity index (χ1v) is 7.36. The maximum absolute atomic E-state index is 11.1. The van der Waals surface area contributed by atoms with Gasteiger partial charge in [-0.15, -0.1) is 0 Å². The fourth-order valence-corrected chi connectivity index (χ4v) is 3.43. The van der Waals surface area contributed by atoms with Gasteiger partial charge in [-0.25, -0.2) is 0 Å². The summed E-state index contributed by atoms with van der Waals surface area (Å²) in [5.41, 5.74) is 3.22. The van der Waals surface area contributed by atoms with Gasteiger partial charge in [0.15, 0.2) is 0 Å². The van der Waals surface area contributed by atoms with Crippen LogP contribution >= 0.6 is 11.8 Å². The summed E-state index contributed by atoms with van der Waals surface area (Å²) in [7, 11) is 0. The second kappa shape index (κ2) is 6.63. The highest BCUT2D eigenvalue weighted by molar-refractivity contribution is 7.99. The van der Waals surface area contributed by atoms with Crippen molar-refractivity contribution < 1.29 is 4.92 Å². The van der Waals surface area contributed by atoms with Crippen LogP contribution < -0.4 is 16.6 Å². The molecule has 6 nitrogen and oxygen atoms in total. The van der Waals surface area contributed by atoms with Gasteiger partial charge in [0, 0.05) is 11.8 Å². The van der Waals surface area contributed by atoms with Crippen LogP contribution in [0.3, 0.4) is 0 Å². The molecule has 1 aliphatic rings. The van der Waals surface area contributed by atoms with Gasteiger partial charge in [-0.05, 0) is 30.7 Å². The number of para-hydroxylation sites is 1. The molecule has 2 rings (SSSR count). The Labute approximate surface area is 116 Å². The number of thioether (sulfide) groups is 1. The number of nitro benzene ring substituents is 1. The summed E-state index contributed by atoms with van der Waals surface area (Å²) < 4.78 is 0. The third-order valence-corrected chi connectivity index (χ3v) is 4.57. The van der Waals surface area contributed by atoms with E-state index in [4.69, 9.17) is 5.84 Å². The normalized spacial score (nSPS) is 18.9. The number of rotatable bonds is 5. The molecule has 0 radical (unpaired) electrons. The molecule has 7 heteroatoms. The number of hydrogen-bond acceptors (Lipinski definition) is 6. The van der Waals surface area contributed by atoms with Gasteiger partial charge in [0.2, 0.25) is 0 Å². The van der Waals surface area contributed by atoms with E-state index in [1.807, 2.05) is 11.8 Å². The number of nitrogens with zero attached hydrogens (tertiary/aromatic N) is 1. The second-order valence-corrected chi connectivity index (χ2v) is 5.88. The van der Waals surface area contributed by atoms with E-state index in [-0.39, 0.29) is 5.69 Å². The monoisotopic (exact) mass is 282 g/mol. The molecule has 1 aromatic rings. The Bertz CT molecular complexity index is 449. The third-order valence-electron chi connectivity index (χ3n) is 3.17. The Hall–Kier alpha value is -1.47. The highest BCUT2D eigenvalue weighted by atomic mass is 32.2. The topological polar surface area (TPSA) is 93.2 Å². The van der Waals surface area contributed by atoms with Crippen LogP contribution in [-0.4, -0.2) is 22.5 Å². The quantitative estimate of drug-likeness (QED) is 0.436. The van der Waals surface area contributed by atoms with E-state index in [0.717, 1.165) is 6.54 Å². The lowest BCUT2D eigenvalue weighted by molar-refractivity contribution is -0.383. The van der Waals surface area contributed by atoms with Gasteiger partial charge in [-0.1, -0.05) is 12.5 Å². The number of hydrazine groups is 1. The molecule has 0 saturated carbocycles. The maximum atomic E-state index is 11.1. The van der Waals surface area contributed by atoms with Gasteiger partial charge in [0.05, 0.1) is 4.92 Å². The fraction of sp³-hybridized carbons (Fsp3) is 0.500. The molecule has 0 spiro atoms. The Balaban J connectivity index is 2.08. The van der Waals surface area contributed by atoms with E-state index in [2.05, 4.69) is 10.7 Å². The zero-order valence-corrected chi connectivity index (χ0v) is 11.4. The molecule has 1 unspecified atom stereocenters. The van der Waals surface area contributed by atoms with Crippen LogP contribution in [0.1, 0.15) is 19.3 Å². The average molecular weight is 282 g/mol. The molecule has 0 aromatic heterocycles. The summed E-state index contributed by atoms with van der Waals surface area (Å²) in [6.07, 6.45) is 3.68. The smallest absolute Gasteiger partial charge is 0.316 e. The largest absolute Gasteiger partial charge is 0.378 e. The minimum Gasteiger partial charge on any atom is -0.378 e. The van der Waals surface area contributed by atoms with Crippen LogP contribution in [0, 0.1) is 10.1 Å². The van der Waals surface area contributed by atoms with Crippen molar-refractivity contribution in [1.29, 1.82) is 0 Å². The van der Waals surface area contributed by atoms with Gasteiger partial charge >= 0.3 is 5.69 Å². The van der Waals surface area contributed by atoms with Gasteiger partial charge < -0.3 is 10.7 Å². The van der Waals surface area contributed by atoms with Crippen LogP contribution in [0.4, 0.5) is 17.1 Å². The molecular weight excluding hydrogens is 264 g/mol. The average Bonchev–Trinajstić information content (AvgIpc) is 2.45. The van der Waals surface area contributed by atoms with Crippen molar-refractivity contribution in [2.24, 2.45) is 5.84 Å². The van der Waals surface area contributed by atoms with E-state index in [0.29, 0.717) is 16.6 Å². The molecule has 1 atom stereocenters. The lowest BCUT2D eigenvalue weighted by Gasteiger charge is -2.22. The first kappa shape index (κ1) is 14.0. The van der Waals surface area contributed by atoms with E-state index in [1.54, 1.807) is 18.2 Å². The third kappa shape index (κ3) is 3.51. The van der Waals surface area contributed by atoms with Crippen LogP contribution in [0.2, 0.25) is 0 Å². The van der Waals surface area contributed by atoms with Crippen molar-refractivity contribution in [3.05, 3.63) is 28.3 Å². The molecule has 19 heavy (non-hydrogen) atoms. The summed E-state index contributed by atoms with van der Waals surface area (Å²) >= 11 is 1.93. The highest BCUT2D eigenvalue weighted by Gasteiger charge is 2.20. The minimum atomic E-state index is -0.411. The molecule has 1 saturated heterocycles. The number of benzene rings is 1. The zero-order valence-electron chi connectivity index (χ0n) is 10.6. The number of nitrogen functional groups attached to an aromatic ring is 1. The summed E-state index contributed by atoms with van der Waals surface area (Å²) in [6, 6.07) is 5.06. The zero-order chi connectivity index (χ0) is 13.7. The summed E-state index contributed by atoms with van der Waals surface area (Å²) in [5.74, 6) is 6.49. The van der Waals surface area contributed by atoms with Crippen molar-refractivity contribution in [1.82, 2.24) is 0 Å². The SMILES string of the molecule is NNc1cccc(NCC2CCCCS2)c1[N+](=O)[O-]. The van der Waals surface area contributed by atoms with E-state index in [1.165, 1.54) is 25.0 Å². The first-order valence-electron chi connectivity index (χ1n) is 6.32. The molecule has 4 N–H and O–H groups in total. The van der Waals surface area contributed by atoms with E-state index < -0.39 is 4.92 Å². The van der Waals surface area contributed by atoms with Crippen molar-refractivity contribution in [3.63, 3.8) is 0 Å². The Morgan fingerprint density at radius 2 is 2.21 bits per heavy atom. The van der Waals surface area contributed by atoms with Crippen LogP contribution in [0.25, 0.3) is 0 Å². The van der Waals surface area contributed by atoms with Crippen molar-refractivity contribution in [2.45, 2.75) is 24.5 Å². The maximum Gasteiger partial charge on any atom is 0.316 e. The Morgan fingerprint density at radius 1 is 1.42 bits per heavy atom. The molecule has 1 heterocycles. The van der Waals surface area contributed by atoms with Gasteiger partial charge in [0.1, 0.15) is 11.4 Å².